The van der Waals surface area contributed by atoms with Crippen LogP contribution in [-0.2, 0) is 16.6 Å². The number of halogens is 1. The summed E-state index contributed by atoms with van der Waals surface area (Å²) in [5.41, 5.74) is 1.10. The predicted molar refractivity (Wildman–Crippen MR) is 114 cm³/mol. The van der Waals surface area contributed by atoms with E-state index in [2.05, 4.69) is 5.92 Å². The van der Waals surface area contributed by atoms with Gasteiger partial charge in [-0.3, -0.25) is 4.79 Å². The summed E-state index contributed by atoms with van der Waals surface area (Å²) in [5, 5.41) is 0. The fraction of sp³-hybridized carbons (Fsp3) is 0.348. The predicted octanol–water partition coefficient (Wildman–Crippen LogP) is 3.67. The van der Waals surface area contributed by atoms with Gasteiger partial charge in [0.1, 0.15) is 5.82 Å². The minimum atomic E-state index is -3.57. The third-order valence-electron chi connectivity index (χ3n) is 5.16. The van der Waals surface area contributed by atoms with Gasteiger partial charge in [0.2, 0.25) is 10.0 Å². The number of sulfonamides is 1. The first-order valence-electron chi connectivity index (χ1n) is 9.99. The summed E-state index contributed by atoms with van der Waals surface area (Å²) in [6, 6.07) is 11.8. The van der Waals surface area contributed by atoms with Gasteiger partial charge in [0, 0.05) is 25.2 Å². The molecule has 1 amide bonds. The molecule has 1 aliphatic rings. The van der Waals surface area contributed by atoms with Crippen LogP contribution >= 0.6 is 0 Å². The van der Waals surface area contributed by atoms with Crippen LogP contribution in [0.2, 0.25) is 0 Å². The summed E-state index contributed by atoms with van der Waals surface area (Å²) in [6.45, 7) is 1.37. The molecule has 2 aromatic carbocycles. The Hall–Kier alpha value is -2.69. The van der Waals surface area contributed by atoms with Crippen molar-refractivity contribution in [2.75, 3.05) is 19.6 Å². The van der Waals surface area contributed by atoms with E-state index in [1.54, 1.807) is 12.1 Å². The Morgan fingerprint density at radius 1 is 1.00 bits per heavy atom. The van der Waals surface area contributed by atoms with Gasteiger partial charge in [-0.05, 0) is 54.8 Å². The minimum Gasteiger partial charge on any atom is -0.323 e. The van der Waals surface area contributed by atoms with Crippen molar-refractivity contribution in [1.82, 2.24) is 9.21 Å². The second-order valence-corrected chi connectivity index (χ2v) is 9.27. The maximum absolute atomic E-state index is 13.1. The van der Waals surface area contributed by atoms with E-state index in [4.69, 9.17) is 6.42 Å². The van der Waals surface area contributed by atoms with Crippen molar-refractivity contribution >= 4 is 15.9 Å². The summed E-state index contributed by atoms with van der Waals surface area (Å²) >= 11 is 0. The first kappa shape index (κ1) is 22.0. The zero-order chi connectivity index (χ0) is 21.6. The monoisotopic (exact) mass is 428 g/mol. The molecule has 0 radical (unpaired) electrons. The highest BCUT2D eigenvalue weighted by Crippen LogP contribution is 2.21. The van der Waals surface area contributed by atoms with Gasteiger partial charge in [0.15, 0.2) is 0 Å². The van der Waals surface area contributed by atoms with E-state index in [0.717, 1.165) is 31.2 Å². The minimum absolute atomic E-state index is 0.0873. The van der Waals surface area contributed by atoms with Gasteiger partial charge in [-0.1, -0.05) is 30.9 Å². The third-order valence-corrected chi connectivity index (χ3v) is 7.07. The van der Waals surface area contributed by atoms with Crippen LogP contribution in [0.15, 0.2) is 53.4 Å². The molecular formula is C23H25FN2O3S. The van der Waals surface area contributed by atoms with E-state index in [1.807, 2.05) is 0 Å². The quantitative estimate of drug-likeness (QED) is 0.660. The first-order valence-corrected chi connectivity index (χ1v) is 11.4. The molecule has 0 N–H and O–H groups in total. The van der Waals surface area contributed by atoms with Crippen molar-refractivity contribution in [2.45, 2.75) is 37.1 Å². The molecule has 0 bridgehead atoms. The molecular weight excluding hydrogens is 403 g/mol. The van der Waals surface area contributed by atoms with Gasteiger partial charge in [0.05, 0.1) is 11.4 Å². The van der Waals surface area contributed by atoms with E-state index in [9.17, 15) is 17.6 Å². The lowest BCUT2D eigenvalue weighted by Crippen LogP contribution is -2.32. The van der Waals surface area contributed by atoms with Gasteiger partial charge in [-0.15, -0.1) is 6.42 Å². The molecule has 158 valence electrons. The first-order chi connectivity index (χ1) is 14.4. The number of amides is 1. The largest absolute Gasteiger partial charge is 0.323 e. The van der Waals surface area contributed by atoms with Crippen LogP contribution in [0.3, 0.4) is 0 Å². The number of rotatable bonds is 6. The second-order valence-electron chi connectivity index (χ2n) is 7.33. The number of carbonyl (C=O) groups is 1. The molecule has 0 saturated carbocycles. The van der Waals surface area contributed by atoms with Crippen LogP contribution in [0.4, 0.5) is 4.39 Å². The zero-order valence-corrected chi connectivity index (χ0v) is 17.6. The number of benzene rings is 2. The van der Waals surface area contributed by atoms with Crippen LogP contribution in [0.5, 0.6) is 0 Å². The molecule has 5 nitrogen and oxygen atoms in total. The normalized spacial score (nSPS) is 15.2. The zero-order valence-electron chi connectivity index (χ0n) is 16.8. The number of hydrogen-bond acceptors (Lipinski definition) is 3. The fourth-order valence-corrected chi connectivity index (χ4v) is 5.02. The Morgan fingerprint density at radius 3 is 2.17 bits per heavy atom. The molecule has 0 aliphatic carbocycles. The lowest BCUT2D eigenvalue weighted by molar-refractivity contribution is 0.0765. The Balaban J connectivity index is 1.76. The van der Waals surface area contributed by atoms with Crippen molar-refractivity contribution in [1.29, 1.82) is 0 Å². The third kappa shape index (κ3) is 5.26. The van der Waals surface area contributed by atoms with E-state index in [0.29, 0.717) is 18.7 Å². The molecule has 0 spiro atoms. The highest BCUT2D eigenvalue weighted by Gasteiger charge is 2.25. The molecule has 0 aromatic heterocycles. The van der Waals surface area contributed by atoms with Crippen LogP contribution < -0.4 is 0 Å². The second kappa shape index (κ2) is 9.88. The van der Waals surface area contributed by atoms with Crippen LogP contribution in [0.25, 0.3) is 0 Å². The summed E-state index contributed by atoms with van der Waals surface area (Å²) in [6.07, 6.45) is 9.21. The van der Waals surface area contributed by atoms with Crippen LogP contribution in [-0.4, -0.2) is 43.2 Å². The molecule has 3 rings (SSSR count). The van der Waals surface area contributed by atoms with Gasteiger partial charge in [-0.2, -0.15) is 4.31 Å². The summed E-state index contributed by atoms with van der Waals surface area (Å²) in [4.78, 5) is 14.6. The lowest BCUT2D eigenvalue weighted by Gasteiger charge is -2.22. The number of terminal acetylenes is 1. The van der Waals surface area contributed by atoms with Crippen LogP contribution in [0, 0.1) is 18.2 Å². The molecule has 1 aliphatic heterocycles. The SMILES string of the molecule is C#CCN(Cc1ccc(F)cc1)C(=O)c1ccc(S(=O)(=O)N2CCCCCC2)cc1. The molecule has 7 heteroatoms. The van der Waals surface area contributed by atoms with Crippen molar-refractivity contribution < 1.29 is 17.6 Å². The van der Waals surface area contributed by atoms with Gasteiger partial charge < -0.3 is 4.90 Å². The highest BCUT2D eigenvalue weighted by molar-refractivity contribution is 7.89. The van der Waals surface area contributed by atoms with Crippen LogP contribution in [0.1, 0.15) is 41.6 Å². The summed E-state index contributed by atoms with van der Waals surface area (Å²) in [5.74, 6) is 1.80. The molecule has 1 fully saturated rings. The number of nitrogens with zero attached hydrogens (tertiary/aromatic N) is 2. The Labute approximate surface area is 177 Å². The standard InChI is InChI=1S/C23H25FN2O3S/c1-2-15-25(18-19-7-11-21(24)12-8-19)23(27)20-9-13-22(14-10-20)30(28,29)26-16-5-3-4-6-17-26/h1,7-14H,3-6,15-18H2. The maximum atomic E-state index is 13.1. The Morgan fingerprint density at radius 2 is 1.60 bits per heavy atom. The molecule has 0 unspecified atom stereocenters. The Bertz CT molecular complexity index is 1000. The lowest BCUT2D eigenvalue weighted by atomic mass is 10.1. The topological polar surface area (TPSA) is 57.7 Å². The Kier molecular flexibility index (Phi) is 7.24. The van der Waals surface area contributed by atoms with Crippen molar-refractivity contribution in [3.63, 3.8) is 0 Å². The van der Waals surface area contributed by atoms with E-state index < -0.39 is 10.0 Å². The number of hydrogen-bond donors (Lipinski definition) is 0. The van der Waals surface area contributed by atoms with Crippen molar-refractivity contribution in [3.05, 3.63) is 65.5 Å². The van der Waals surface area contributed by atoms with E-state index >= 15 is 0 Å². The van der Waals surface area contributed by atoms with Crippen molar-refractivity contribution in [2.24, 2.45) is 0 Å². The van der Waals surface area contributed by atoms with E-state index in [-0.39, 0.29) is 29.7 Å². The molecule has 2 aromatic rings. The van der Waals surface area contributed by atoms with E-state index in [1.165, 1.54) is 45.6 Å². The van der Waals surface area contributed by atoms with Gasteiger partial charge in [-0.25, -0.2) is 12.8 Å². The maximum Gasteiger partial charge on any atom is 0.254 e. The van der Waals surface area contributed by atoms with Gasteiger partial charge >= 0.3 is 0 Å². The van der Waals surface area contributed by atoms with Gasteiger partial charge in [0.25, 0.3) is 5.91 Å². The average Bonchev–Trinajstić information content (AvgIpc) is 3.05. The summed E-state index contributed by atoms with van der Waals surface area (Å²) < 4.78 is 40.4. The summed E-state index contributed by atoms with van der Waals surface area (Å²) in [7, 11) is -3.57. The fourth-order valence-electron chi connectivity index (χ4n) is 3.50. The molecule has 30 heavy (non-hydrogen) atoms. The number of carbonyl (C=O) groups excluding carboxylic acids is 1. The molecule has 1 heterocycles. The van der Waals surface area contributed by atoms with Crippen molar-refractivity contribution in [3.8, 4) is 12.3 Å². The highest BCUT2D eigenvalue weighted by atomic mass is 32.2. The molecule has 1 saturated heterocycles. The smallest absolute Gasteiger partial charge is 0.254 e. The molecule has 0 atom stereocenters. The average molecular weight is 429 g/mol.